The van der Waals surface area contributed by atoms with Crippen LogP contribution in [0.3, 0.4) is 0 Å². The van der Waals surface area contributed by atoms with E-state index < -0.39 is 108 Å². The van der Waals surface area contributed by atoms with Gasteiger partial charge in [-0.05, 0) is 80.3 Å². The molecular formula is C55H72N10O10. The number of unbranched alkanes of at least 4 members (excludes halogenated alkanes) is 2. The SMILES string of the molecule is CC(=O)N[C@@H](Cc1ccccc1)C(=O)N[C@@H](CCCCN)C(=O)N[C@@H](Cc1ccccc1)C(=O)N[C@@H](CCC(=O)O)C(=O)N[C@@H](Cc1ccccc1)C(=O)N[C@@H](CCCCN)C(=O)N[C@@H](Cc1ccccc1)C(N)=O. The van der Waals surface area contributed by atoms with Crippen molar-refractivity contribution in [1.29, 1.82) is 0 Å². The second-order valence-corrected chi connectivity index (χ2v) is 18.3. The van der Waals surface area contributed by atoms with Crippen molar-refractivity contribution in [1.82, 2.24) is 37.2 Å². The molecule has 20 nitrogen and oxygen atoms in total. The number of carboxylic acid groups (broad SMARTS) is 1. The van der Waals surface area contributed by atoms with Crippen LogP contribution in [0, 0.1) is 0 Å². The van der Waals surface area contributed by atoms with Gasteiger partial charge in [0, 0.05) is 39.0 Å². The molecule has 0 aliphatic rings. The number of primary amides is 1. The normalized spacial score (nSPS) is 13.7. The molecule has 14 N–H and O–H groups in total. The summed E-state index contributed by atoms with van der Waals surface area (Å²) in [5.74, 6) is -7.29. The first-order valence-corrected chi connectivity index (χ1v) is 25.2. The first kappa shape index (κ1) is 59.6. The van der Waals surface area contributed by atoms with Crippen molar-refractivity contribution in [3.05, 3.63) is 144 Å². The fraction of sp³-hybridized carbons (Fsp3) is 0.400. The van der Waals surface area contributed by atoms with Gasteiger partial charge in [-0.15, -0.1) is 0 Å². The van der Waals surface area contributed by atoms with E-state index >= 15 is 0 Å². The largest absolute Gasteiger partial charge is 0.481 e. The van der Waals surface area contributed by atoms with Crippen LogP contribution in [-0.2, 0) is 68.8 Å². The molecule has 8 amide bonds. The Labute approximate surface area is 437 Å². The number of hydrogen-bond donors (Lipinski definition) is 11. The number of aliphatic carboxylic acids is 1. The first-order chi connectivity index (χ1) is 36.1. The molecule has 0 radical (unpaired) electrons. The van der Waals surface area contributed by atoms with Gasteiger partial charge in [0.2, 0.25) is 47.3 Å². The molecule has 20 heteroatoms. The molecule has 0 aliphatic heterocycles. The van der Waals surface area contributed by atoms with Crippen LogP contribution in [0.5, 0.6) is 0 Å². The molecule has 0 aliphatic carbocycles. The highest BCUT2D eigenvalue weighted by atomic mass is 16.4. The number of hydrogen-bond acceptors (Lipinski definition) is 11. The summed E-state index contributed by atoms with van der Waals surface area (Å²) in [6.45, 7) is 1.87. The fourth-order valence-electron chi connectivity index (χ4n) is 8.19. The van der Waals surface area contributed by atoms with Crippen LogP contribution in [0.4, 0.5) is 0 Å². The minimum atomic E-state index is -1.58. The Morgan fingerprint density at radius 3 is 0.947 bits per heavy atom. The minimum absolute atomic E-state index is 0.0822. The highest BCUT2D eigenvalue weighted by molar-refractivity contribution is 5.98. The minimum Gasteiger partial charge on any atom is -0.481 e. The van der Waals surface area contributed by atoms with Crippen molar-refractivity contribution in [3.63, 3.8) is 0 Å². The molecule has 4 aromatic rings. The van der Waals surface area contributed by atoms with E-state index in [0.29, 0.717) is 49.9 Å². The Morgan fingerprint density at radius 1 is 0.387 bits per heavy atom. The average molecular weight is 1030 g/mol. The topological polar surface area (TPSA) is 336 Å². The van der Waals surface area contributed by atoms with E-state index in [1.165, 1.54) is 6.92 Å². The number of carbonyl (C=O) groups is 9. The maximum atomic E-state index is 14.5. The van der Waals surface area contributed by atoms with Crippen LogP contribution in [0.15, 0.2) is 121 Å². The van der Waals surface area contributed by atoms with Crippen LogP contribution in [0.2, 0.25) is 0 Å². The van der Waals surface area contributed by atoms with Gasteiger partial charge in [-0.25, -0.2) is 0 Å². The number of carbonyl (C=O) groups excluding carboxylic acids is 8. The van der Waals surface area contributed by atoms with Crippen LogP contribution < -0.4 is 54.4 Å². The smallest absolute Gasteiger partial charge is 0.303 e. The molecule has 0 aromatic heterocycles. The van der Waals surface area contributed by atoms with Gasteiger partial charge in [0.25, 0.3) is 0 Å². The highest BCUT2D eigenvalue weighted by Gasteiger charge is 2.34. The number of amides is 8. The Balaban J connectivity index is 1.62. The second kappa shape index (κ2) is 32.3. The number of carboxylic acids is 1. The monoisotopic (exact) mass is 1030 g/mol. The van der Waals surface area contributed by atoms with E-state index in [4.69, 9.17) is 17.2 Å². The summed E-state index contributed by atoms with van der Waals surface area (Å²) < 4.78 is 0. The molecule has 0 unspecified atom stereocenters. The van der Waals surface area contributed by atoms with E-state index in [9.17, 15) is 48.3 Å². The Morgan fingerprint density at radius 2 is 0.653 bits per heavy atom. The van der Waals surface area contributed by atoms with E-state index in [2.05, 4.69) is 37.2 Å². The van der Waals surface area contributed by atoms with Gasteiger partial charge in [-0.1, -0.05) is 121 Å². The van der Waals surface area contributed by atoms with Gasteiger partial charge >= 0.3 is 5.97 Å². The maximum Gasteiger partial charge on any atom is 0.303 e. The summed E-state index contributed by atoms with van der Waals surface area (Å²) in [6, 6.07) is 26.2. The van der Waals surface area contributed by atoms with Gasteiger partial charge in [-0.3, -0.25) is 43.2 Å². The zero-order valence-corrected chi connectivity index (χ0v) is 42.3. The van der Waals surface area contributed by atoms with Crippen molar-refractivity contribution in [2.75, 3.05) is 13.1 Å². The Kier molecular flexibility index (Phi) is 25.6. The van der Waals surface area contributed by atoms with Gasteiger partial charge in [-0.2, -0.15) is 0 Å². The van der Waals surface area contributed by atoms with Crippen LogP contribution in [0.25, 0.3) is 0 Å². The van der Waals surface area contributed by atoms with Gasteiger partial charge < -0.3 is 59.5 Å². The summed E-state index contributed by atoms with van der Waals surface area (Å²) in [6.07, 6.45) is 0.979. The second-order valence-electron chi connectivity index (χ2n) is 18.3. The molecule has 4 rings (SSSR count). The quantitative estimate of drug-likeness (QED) is 0.0298. The average Bonchev–Trinajstić information content (AvgIpc) is 3.39. The van der Waals surface area contributed by atoms with E-state index in [1.54, 1.807) is 115 Å². The predicted octanol–water partition coefficient (Wildman–Crippen LogP) is 0.979. The van der Waals surface area contributed by atoms with Crippen molar-refractivity contribution in [3.8, 4) is 0 Å². The Hall–Kier alpha value is -7.97. The molecule has 0 spiro atoms. The van der Waals surface area contributed by atoms with Crippen molar-refractivity contribution < 1.29 is 48.3 Å². The van der Waals surface area contributed by atoms with E-state index in [-0.39, 0.29) is 38.5 Å². The van der Waals surface area contributed by atoms with Crippen molar-refractivity contribution >= 4 is 53.2 Å². The van der Waals surface area contributed by atoms with Crippen molar-refractivity contribution in [2.24, 2.45) is 17.2 Å². The van der Waals surface area contributed by atoms with Gasteiger partial charge in [0.05, 0.1) is 0 Å². The molecular weight excluding hydrogens is 961 g/mol. The lowest BCUT2D eigenvalue weighted by atomic mass is 10.0. The summed E-state index contributed by atoms with van der Waals surface area (Å²) >= 11 is 0. The lowest BCUT2D eigenvalue weighted by Crippen LogP contribution is -2.60. The number of nitrogens with one attached hydrogen (secondary N) is 7. The third-order valence-electron chi connectivity index (χ3n) is 12.2. The van der Waals surface area contributed by atoms with Crippen LogP contribution in [0.1, 0.15) is 80.5 Å². The summed E-state index contributed by atoms with van der Waals surface area (Å²) in [7, 11) is 0. The summed E-state index contributed by atoms with van der Waals surface area (Å²) in [4.78, 5) is 122. The lowest BCUT2D eigenvalue weighted by molar-refractivity contribution is -0.138. The third kappa shape index (κ3) is 22.0. The number of nitrogens with two attached hydrogens (primary N) is 3. The molecule has 0 saturated carbocycles. The molecule has 0 saturated heterocycles. The molecule has 0 fully saturated rings. The number of benzene rings is 4. The van der Waals surface area contributed by atoms with E-state index in [0.717, 1.165) is 11.1 Å². The zero-order chi connectivity index (χ0) is 54.5. The maximum absolute atomic E-state index is 14.5. The molecule has 0 heterocycles. The molecule has 75 heavy (non-hydrogen) atoms. The molecule has 7 atom stereocenters. The van der Waals surface area contributed by atoms with Crippen LogP contribution in [-0.4, -0.2) is 114 Å². The molecule has 4 aromatic carbocycles. The third-order valence-corrected chi connectivity index (χ3v) is 12.2. The summed E-state index contributed by atoms with van der Waals surface area (Å²) in [5.41, 5.74) is 19.9. The van der Waals surface area contributed by atoms with Gasteiger partial charge in [0.15, 0.2) is 0 Å². The fourth-order valence-corrected chi connectivity index (χ4v) is 8.19. The summed E-state index contributed by atoms with van der Waals surface area (Å²) in [5, 5.41) is 28.6. The first-order valence-electron chi connectivity index (χ1n) is 25.2. The van der Waals surface area contributed by atoms with E-state index in [1.807, 2.05) is 6.07 Å². The highest BCUT2D eigenvalue weighted by Crippen LogP contribution is 2.13. The number of rotatable bonds is 33. The standard InChI is InChI=1S/C55H72N10O10/c1-36(66)59-45(33-38-20-8-3-9-21-38)53(73)60-42(27-15-17-31-57)51(71)64-47(35-40-24-12-5-13-25-40)55(75)62-43(28-29-48(67)68)52(72)65-46(34-39-22-10-4-11-23-39)54(74)61-41(26-14-16-30-56)50(70)63-44(49(58)69)32-37-18-6-2-7-19-37/h2-13,18-25,41-47H,14-17,26-35,56-57H2,1H3,(H2,58,69)(H,59,66)(H,60,73)(H,61,74)(H,62,75)(H,63,70)(H,64,71)(H,65,72)(H,67,68)/t41-,42-,43-,44-,45-,46-,47-/m0/s1. The molecule has 0 bridgehead atoms. The molecule has 402 valence electrons. The van der Waals surface area contributed by atoms with Gasteiger partial charge in [0.1, 0.15) is 42.3 Å². The van der Waals surface area contributed by atoms with Crippen LogP contribution >= 0.6 is 0 Å². The lowest BCUT2D eigenvalue weighted by Gasteiger charge is -2.28. The Bertz CT molecular complexity index is 2470. The van der Waals surface area contributed by atoms with Crippen molar-refractivity contribution in [2.45, 2.75) is 126 Å². The predicted molar refractivity (Wildman–Crippen MR) is 282 cm³/mol. The zero-order valence-electron chi connectivity index (χ0n) is 42.3.